The van der Waals surface area contributed by atoms with Crippen LogP contribution in [-0.4, -0.2) is 46.8 Å². The minimum absolute atomic E-state index is 0.00790. The summed E-state index contributed by atoms with van der Waals surface area (Å²) < 4.78 is 12.8. The summed E-state index contributed by atoms with van der Waals surface area (Å²) in [6, 6.07) is 6.04. The van der Waals surface area contributed by atoms with E-state index in [9.17, 15) is 14.0 Å². The first-order valence-corrected chi connectivity index (χ1v) is 7.05. The molecule has 6 heteroatoms. The maximum absolute atomic E-state index is 12.8. The molecular weight excluding hydrogens is 267 g/mol. The molecule has 2 amide bonds. The summed E-state index contributed by atoms with van der Waals surface area (Å²) in [6.45, 7) is 0.526. The van der Waals surface area contributed by atoms with Crippen LogP contribution in [-0.2, 0) is 16.1 Å². The zero-order valence-corrected chi connectivity index (χ0v) is 11.5. The van der Waals surface area contributed by atoms with E-state index < -0.39 is 0 Å². The molecule has 0 unspecified atom stereocenters. The van der Waals surface area contributed by atoms with Crippen molar-refractivity contribution in [2.45, 2.75) is 6.54 Å². The standard InChI is InChI=1S/C13H15FN2O2S/c1-15(6-10-2-4-11(14)5-3-10)12(17)7-16-9-19-8-13(16)18/h2-5H,6-9H2,1H3. The van der Waals surface area contributed by atoms with E-state index in [0.717, 1.165) is 5.56 Å². The van der Waals surface area contributed by atoms with Crippen LogP contribution in [0.2, 0.25) is 0 Å². The van der Waals surface area contributed by atoms with Crippen LogP contribution in [0.15, 0.2) is 24.3 Å². The summed E-state index contributed by atoms with van der Waals surface area (Å²) in [6.07, 6.45) is 0. The maximum atomic E-state index is 12.8. The predicted molar refractivity (Wildman–Crippen MR) is 71.9 cm³/mol. The van der Waals surface area contributed by atoms with Gasteiger partial charge in [-0.05, 0) is 17.7 Å². The molecule has 1 aliphatic rings. The summed E-state index contributed by atoms with van der Waals surface area (Å²) in [5, 5.41) is 0. The Morgan fingerprint density at radius 1 is 1.42 bits per heavy atom. The van der Waals surface area contributed by atoms with Crippen LogP contribution in [0.1, 0.15) is 5.56 Å². The van der Waals surface area contributed by atoms with Gasteiger partial charge in [0.15, 0.2) is 0 Å². The average molecular weight is 282 g/mol. The van der Waals surface area contributed by atoms with Crippen LogP contribution < -0.4 is 0 Å². The lowest BCUT2D eigenvalue weighted by atomic mass is 10.2. The fourth-order valence-electron chi connectivity index (χ4n) is 1.78. The molecule has 0 aromatic heterocycles. The van der Waals surface area contributed by atoms with Crippen molar-refractivity contribution in [3.05, 3.63) is 35.6 Å². The quantitative estimate of drug-likeness (QED) is 0.836. The highest BCUT2D eigenvalue weighted by atomic mass is 32.2. The van der Waals surface area contributed by atoms with E-state index in [1.165, 1.54) is 23.9 Å². The third-order valence-electron chi connectivity index (χ3n) is 2.91. The van der Waals surface area contributed by atoms with Gasteiger partial charge in [-0.2, -0.15) is 0 Å². The summed E-state index contributed by atoms with van der Waals surface area (Å²) in [4.78, 5) is 26.5. The zero-order valence-electron chi connectivity index (χ0n) is 10.6. The minimum Gasteiger partial charge on any atom is -0.340 e. The molecule has 1 aromatic rings. The molecule has 0 atom stereocenters. The van der Waals surface area contributed by atoms with Crippen LogP contribution in [0.5, 0.6) is 0 Å². The van der Waals surface area contributed by atoms with Gasteiger partial charge < -0.3 is 9.80 Å². The van der Waals surface area contributed by atoms with Gasteiger partial charge in [-0.25, -0.2) is 4.39 Å². The van der Waals surface area contributed by atoms with Gasteiger partial charge in [0.05, 0.1) is 11.6 Å². The molecule has 0 spiro atoms. The topological polar surface area (TPSA) is 40.6 Å². The zero-order chi connectivity index (χ0) is 13.8. The van der Waals surface area contributed by atoms with Crippen LogP contribution in [0, 0.1) is 5.82 Å². The van der Waals surface area contributed by atoms with E-state index >= 15 is 0 Å². The molecule has 1 aliphatic heterocycles. The number of likely N-dealkylation sites (N-methyl/N-ethyl adjacent to an activating group) is 1. The molecule has 0 N–H and O–H groups in total. The monoisotopic (exact) mass is 282 g/mol. The molecule has 1 fully saturated rings. The molecule has 4 nitrogen and oxygen atoms in total. The number of hydrogen-bond acceptors (Lipinski definition) is 3. The second kappa shape index (κ2) is 6.06. The summed E-state index contributed by atoms with van der Waals surface area (Å²) >= 11 is 1.51. The van der Waals surface area contributed by atoms with Crippen molar-refractivity contribution in [3.63, 3.8) is 0 Å². The molecule has 0 saturated carbocycles. The number of amides is 2. The van der Waals surface area contributed by atoms with Gasteiger partial charge in [-0.15, -0.1) is 11.8 Å². The molecule has 19 heavy (non-hydrogen) atoms. The highest BCUT2D eigenvalue weighted by Crippen LogP contribution is 2.15. The number of carbonyl (C=O) groups is 2. The molecule has 0 aliphatic carbocycles. The Hall–Kier alpha value is -1.56. The van der Waals surface area contributed by atoms with Crippen molar-refractivity contribution in [2.24, 2.45) is 0 Å². The Morgan fingerprint density at radius 3 is 2.68 bits per heavy atom. The summed E-state index contributed by atoms with van der Waals surface area (Å²) in [5.74, 6) is 0.635. The number of thioether (sulfide) groups is 1. The van der Waals surface area contributed by atoms with Crippen molar-refractivity contribution in [3.8, 4) is 0 Å². The summed E-state index contributed by atoms with van der Waals surface area (Å²) in [7, 11) is 1.68. The molecule has 1 saturated heterocycles. The smallest absolute Gasteiger partial charge is 0.242 e. The van der Waals surface area contributed by atoms with E-state index in [4.69, 9.17) is 0 Å². The highest BCUT2D eigenvalue weighted by Gasteiger charge is 2.24. The number of rotatable bonds is 4. The summed E-state index contributed by atoms with van der Waals surface area (Å²) in [5.41, 5.74) is 0.861. The third-order valence-corrected chi connectivity index (χ3v) is 3.86. The Balaban J connectivity index is 1.88. The SMILES string of the molecule is CN(Cc1ccc(F)cc1)C(=O)CN1CSCC1=O. The Morgan fingerprint density at radius 2 is 2.11 bits per heavy atom. The van der Waals surface area contributed by atoms with Crippen LogP contribution >= 0.6 is 11.8 Å². The highest BCUT2D eigenvalue weighted by molar-refractivity contribution is 8.00. The first kappa shape index (κ1) is 13.9. The van der Waals surface area contributed by atoms with Gasteiger partial charge in [0, 0.05) is 13.6 Å². The number of carbonyl (C=O) groups excluding carboxylic acids is 2. The van der Waals surface area contributed by atoms with Gasteiger partial charge in [0.1, 0.15) is 12.4 Å². The van der Waals surface area contributed by atoms with Gasteiger partial charge in [-0.1, -0.05) is 12.1 Å². The Kier molecular flexibility index (Phi) is 4.42. The van der Waals surface area contributed by atoms with Gasteiger partial charge in [0.25, 0.3) is 0 Å². The maximum Gasteiger partial charge on any atom is 0.242 e. The Labute approximate surface area is 115 Å². The first-order valence-electron chi connectivity index (χ1n) is 5.90. The van der Waals surface area contributed by atoms with Crippen molar-refractivity contribution in [1.29, 1.82) is 0 Å². The number of hydrogen-bond donors (Lipinski definition) is 0. The van der Waals surface area contributed by atoms with E-state index in [0.29, 0.717) is 18.2 Å². The van der Waals surface area contributed by atoms with E-state index in [2.05, 4.69) is 0 Å². The van der Waals surface area contributed by atoms with Gasteiger partial charge in [-0.3, -0.25) is 9.59 Å². The second-order valence-corrected chi connectivity index (χ2v) is 5.40. The van der Waals surface area contributed by atoms with E-state index in [1.807, 2.05) is 0 Å². The molecule has 0 bridgehead atoms. The number of benzene rings is 1. The van der Waals surface area contributed by atoms with Crippen molar-refractivity contribution < 1.29 is 14.0 Å². The number of halogens is 1. The fourth-order valence-corrected chi connectivity index (χ4v) is 2.68. The largest absolute Gasteiger partial charge is 0.340 e. The van der Waals surface area contributed by atoms with E-state index in [1.54, 1.807) is 29.0 Å². The lowest BCUT2D eigenvalue weighted by Gasteiger charge is -2.21. The predicted octanol–water partition coefficient (Wildman–Crippen LogP) is 1.32. The lowest BCUT2D eigenvalue weighted by Crippen LogP contribution is -2.38. The van der Waals surface area contributed by atoms with Gasteiger partial charge in [0.2, 0.25) is 11.8 Å². The third kappa shape index (κ3) is 3.70. The Bertz CT molecular complexity index is 478. The van der Waals surface area contributed by atoms with Crippen molar-refractivity contribution in [2.75, 3.05) is 25.2 Å². The molecule has 1 aromatic carbocycles. The van der Waals surface area contributed by atoms with Crippen LogP contribution in [0.4, 0.5) is 4.39 Å². The van der Waals surface area contributed by atoms with Crippen LogP contribution in [0.25, 0.3) is 0 Å². The van der Waals surface area contributed by atoms with Crippen molar-refractivity contribution in [1.82, 2.24) is 9.80 Å². The molecule has 1 heterocycles. The van der Waals surface area contributed by atoms with Crippen LogP contribution in [0.3, 0.4) is 0 Å². The average Bonchev–Trinajstić information content (AvgIpc) is 2.78. The molecule has 102 valence electrons. The second-order valence-electron chi connectivity index (χ2n) is 4.45. The van der Waals surface area contributed by atoms with Gasteiger partial charge >= 0.3 is 0 Å². The van der Waals surface area contributed by atoms with E-state index in [-0.39, 0.29) is 24.2 Å². The molecule has 0 radical (unpaired) electrons. The first-order chi connectivity index (χ1) is 9.06. The molecule has 2 rings (SSSR count). The lowest BCUT2D eigenvalue weighted by molar-refractivity contribution is -0.137. The molecular formula is C13H15FN2O2S. The minimum atomic E-state index is -0.294. The normalized spacial score (nSPS) is 14.8. The number of nitrogens with zero attached hydrogens (tertiary/aromatic N) is 2. The fraction of sp³-hybridized carbons (Fsp3) is 0.385. The van der Waals surface area contributed by atoms with Crippen molar-refractivity contribution >= 4 is 23.6 Å².